The topological polar surface area (TPSA) is 62.9 Å². The summed E-state index contributed by atoms with van der Waals surface area (Å²) in [6.45, 7) is 12.3. The third-order valence-electron chi connectivity index (χ3n) is 4.85. The van der Waals surface area contributed by atoms with E-state index in [1.165, 1.54) is 32.1 Å². The van der Waals surface area contributed by atoms with Gasteiger partial charge < -0.3 is 15.8 Å². The minimum atomic E-state index is -0.0704. The maximum atomic E-state index is 5.97. The van der Waals surface area contributed by atoms with E-state index >= 15 is 0 Å². The zero-order valence-corrected chi connectivity index (χ0v) is 14.2. The summed E-state index contributed by atoms with van der Waals surface area (Å²) in [4.78, 5) is 7.24. The molecule has 0 radical (unpaired) electrons. The molecule has 0 spiro atoms. The molecule has 2 fully saturated rings. The van der Waals surface area contributed by atoms with Crippen LogP contribution in [0, 0.1) is 0 Å². The number of hydrogen-bond acceptors (Lipinski definition) is 3. The highest BCUT2D eigenvalue weighted by molar-refractivity contribution is 5.77. The van der Waals surface area contributed by atoms with Gasteiger partial charge in [-0.1, -0.05) is 25.3 Å². The Morgan fingerprint density at radius 3 is 2.73 bits per heavy atom. The van der Waals surface area contributed by atoms with Crippen LogP contribution in [0.4, 0.5) is 0 Å². The summed E-state index contributed by atoms with van der Waals surface area (Å²) in [5, 5.41) is 3.07. The summed E-state index contributed by atoms with van der Waals surface area (Å²) in [7, 11) is 0. The molecule has 1 saturated heterocycles. The average Bonchev–Trinajstić information content (AvgIpc) is 2.51. The molecule has 22 heavy (non-hydrogen) atoms. The van der Waals surface area contributed by atoms with E-state index in [-0.39, 0.29) is 11.1 Å². The molecule has 3 N–H and O–H groups in total. The third kappa shape index (κ3) is 4.46. The SMILES string of the molecule is C=CCNC(N)=NCC1(N2CCOC(C)(C)C2)CCCCC1. The summed E-state index contributed by atoms with van der Waals surface area (Å²) in [5.41, 5.74) is 6.05. The van der Waals surface area contributed by atoms with Gasteiger partial charge in [0, 0.05) is 25.2 Å². The Hall–Kier alpha value is -1.07. The molecule has 5 heteroatoms. The maximum Gasteiger partial charge on any atom is 0.188 e. The van der Waals surface area contributed by atoms with Crippen molar-refractivity contribution >= 4 is 5.96 Å². The second kappa shape index (κ2) is 7.47. The number of aliphatic imine (C=N–C) groups is 1. The fourth-order valence-corrected chi connectivity index (χ4v) is 3.67. The van der Waals surface area contributed by atoms with Gasteiger partial charge in [0.25, 0.3) is 0 Å². The van der Waals surface area contributed by atoms with Crippen LogP contribution in [-0.4, -0.2) is 54.8 Å². The van der Waals surface area contributed by atoms with Gasteiger partial charge in [-0.3, -0.25) is 9.89 Å². The lowest BCUT2D eigenvalue weighted by molar-refractivity contribution is -0.121. The molecule has 0 aromatic heterocycles. The van der Waals surface area contributed by atoms with Crippen LogP contribution in [0.5, 0.6) is 0 Å². The lowest BCUT2D eigenvalue weighted by Crippen LogP contribution is -2.60. The van der Waals surface area contributed by atoms with E-state index < -0.39 is 0 Å². The molecule has 0 aromatic rings. The predicted octanol–water partition coefficient (Wildman–Crippen LogP) is 1.89. The van der Waals surface area contributed by atoms with Crippen LogP contribution in [0.15, 0.2) is 17.6 Å². The molecule has 0 atom stereocenters. The van der Waals surface area contributed by atoms with Gasteiger partial charge in [-0.25, -0.2) is 0 Å². The first-order valence-electron chi connectivity index (χ1n) is 8.51. The summed E-state index contributed by atoms with van der Waals surface area (Å²) in [5.74, 6) is 0.525. The van der Waals surface area contributed by atoms with Gasteiger partial charge in [-0.15, -0.1) is 6.58 Å². The van der Waals surface area contributed by atoms with Gasteiger partial charge in [-0.2, -0.15) is 0 Å². The van der Waals surface area contributed by atoms with Gasteiger partial charge in [0.05, 0.1) is 18.8 Å². The van der Waals surface area contributed by atoms with E-state index in [0.717, 1.165) is 26.2 Å². The Balaban J connectivity index is 2.08. The second-order valence-corrected chi connectivity index (χ2v) is 7.19. The van der Waals surface area contributed by atoms with Crippen LogP contribution < -0.4 is 11.1 Å². The Morgan fingerprint density at radius 2 is 2.09 bits per heavy atom. The maximum absolute atomic E-state index is 5.97. The molecule has 0 unspecified atom stereocenters. The van der Waals surface area contributed by atoms with E-state index in [9.17, 15) is 0 Å². The Labute approximate surface area is 135 Å². The Kier molecular flexibility index (Phi) is 5.87. The Bertz CT molecular complexity index is 399. The highest BCUT2D eigenvalue weighted by Crippen LogP contribution is 2.36. The smallest absolute Gasteiger partial charge is 0.188 e. The lowest BCUT2D eigenvalue weighted by atomic mass is 9.79. The van der Waals surface area contributed by atoms with Crippen LogP contribution in [0.25, 0.3) is 0 Å². The molecular formula is C17H32N4O. The van der Waals surface area contributed by atoms with Crippen molar-refractivity contribution < 1.29 is 4.74 Å². The van der Waals surface area contributed by atoms with Crippen molar-refractivity contribution in [3.8, 4) is 0 Å². The first-order chi connectivity index (χ1) is 10.5. The summed E-state index contributed by atoms with van der Waals surface area (Å²) < 4.78 is 5.88. The first-order valence-corrected chi connectivity index (χ1v) is 8.51. The number of morpholine rings is 1. The van der Waals surface area contributed by atoms with Crippen molar-refractivity contribution in [3.05, 3.63) is 12.7 Å². The largest absolute Gasteiger partial charge is 0.373 e. The van der Waals surface area contributed by atoms with Gasteiger partial charge in [0.1, 0.15) is 0 Å². The first kappa shape index (κ1) is 17.3. The molecule has 1 heterocycles. The molecular weight excluding hydrogens is 276 g/mol. The number of guanidine groups is 1. The molecule has 0 aromatic carbocycles. The van der Waals surface area contributed by atoms with Crippen LogP contribution in [-0.2, 0) is 4.74 Å². The third-order valence-corrected chi connectivity index (χ3v) is 4.85. The monoisotopic (exact) mass is 308 g/mol. The van der Waals surface area contributed by atoms with Gasteiger partial charge in [-0.05, 0) is 26.7 Å². The summed E-state index contributed by atoms with van der Waals surface area (Å²) >= 11 is 0. The number of hydrogen-bond donors (Lipinski definition) is 2. The number of rotatable bonds is 5. The van der Waals surface area contributed by atoms with Crippen molar-refractivity contribution in [2.45, 2.75) is 57.1 Å². The molecule has 5 nitrogen and oxygen atoms in total. The van der Waals surface area contributed by atoms with Crippen molar-refractivity contribution in [1.29, 1.82) is 0 Å². The van der Waals surface area contributed by atoms with Crippen molar-refractivity contribution in [2.75, 3.05) is 32.8 Å². The molecule has 2 rings (SSSR count). The average molecular weight is 308 g/mol. The predicted molar refractivity (Wildman–Crippen MR) is 92.1 cm³/mol. The summed E-state index contributed by atoms with van der Waals surface area (Å²) in [6, 6.07) is 0. The van der Waals surface area contributed by atoms with Crippen LogP contribution >= 0.6 is 0 Å². The zero-order chi connectivity index (χ0) is 16.1. The quantitative estimate of drug-likeness (QED) is 0.462. The zero-order valence-electron chi connectivity index (χ0n) is 14.2. The molecule has 0 bridgehead atoms. The molecule has 1 aliphatic carbocycles. The van der Waals surface area contributed by atoms with E-state index in [1.807, 2.05) is 0 Å². The normalized spacial score (nSPS) is 25.6. The van der Waals surface area contributed by atoms with E-state index in [4.69, 9.17) is 10.5 Å². The minimum absolute atomic E-state index is 0.0704. The van der Waals surface area contributed by atoms with Crippen LogP contribution in [0.2, 0.25) is 0 Å². The number of nitrogens with zero attached hydrogens (tertiary/aromatic N) is 2. The van der Waals surface area contributed by atoms with Gasteiger partial charge in [0.2, 0.25) is 0 Å². The fourth-order valence-electron chi connectivity index (χ4n) is 3.67. The second-order valence-electron chi connectivity index (χ2n) is 7.19. The van der Waals surface area contributed by atoms with Crippen LogP contribution in [0.1, 0.15) is 46.0 Å². The molecule has 1 saturated carbocycles. The molecule has 2 aliphatic rings. The highest BCUT2D eigenvalue weighted by Gasteiger charge is 2.42. The van der Waals surface area contributed by atoms with E-state index in [2.05, 4.69) is 35.6 Å². The van der Waals surface area contributed by atoms with Crippen molar-refractivity contribution in [2.24, 2.45) is 10.7 Å². The summed E-state index contributed by atoms with van der Waals surface area (Å²) in [6.07, 6.45) is 8.12. The standard InChI is InChI=1S/C17H32N4O/c1-4-10-19-15(18)20-13-17(8-6-5-7-9-17)21-11-12-22-16(2,3)14-21/h4H,1,5-14H2,2-3H3,(H3,18,19,20). The number of nitrogens with two attached hydrogens (primary N) is 1. The molecule has 126 valence electrons. The highest BCUT2D eigenvalue weighted by atomic mass is 16.5. The van der Waals surface area contributed by atoms with E-state index in [0.29, 0.717) is 12.5 Å². The van der Waals surface area contributed by atoms with Gasteiger partial charge in [0.15, 0.2) is 5.96 Å². The van der Waals surface area contributed by atoms with Gasteiger partial charge >= 0.3 is 0 Å². The fraction of sp³-hybridized carbons (Fsp3) is 0.824. The van der Waals surface area contributed by atoms with E-state index in [1.54, 1.807) is 6.08 Å². The number of nitrogens with one attached hydrogen (secondary N) is 1. The molecule has 1 aliphatic heterocycles. The Morgan fingerprint density at radius 1 is 1.36 bits per heavy atom. The minimum Gasteiger partial charge on any atom is -0.373 e. The van der Waals surface area contributed by atoms with Crippen LogP contribution in [0.3, 0.4) is 0 Å². The van der Waals surface area contributed by atoms with Crippen molar-refractivity contribution in [1.82, 2.24) is 10.2 Å². The number of ether oxygens (including phenoxy) is 1. The lowest BCUT2D eigenvalue weighted by Gasteiger charge is -2.51. The molecule has 0 amide bonds. The van der Waals surface area contributed by atoms with Crippen molar-refractivity contribution in [3.63, 3.8) is 0 Å².